The topological polar surface area (TPSA) is 53.0 Å². The third kappa shape index (κ3) is 6.59. The molecule has 0 radical (unpaired) electrons. The number of aliphatic hydroxyl groups is 1. The fraction of sp³-hybridized carbons (Fsp3) is 0.296. The minimum absolute atomic E-state index is 0.148. The Morgan fingerprint density at radius 2 is 1.44 bits per heavy atom. The molecule has 5 nitrogen and oxygen atoms in total. The second-order valence-corrected chi connectivity index (χ2v) is 7.69. The van der Waals surface area contributed by atoms with Crippen LogP contribution in [0.4, 0.5) is 10.5 Å². The van der Waals surface area contributed by atoms with Gasteiger partial charge in [-0.25, -0.2) is 4.79 Å². The van der Waals surface area contributed by atoms with Gasteiger partial charge in [-0.1, -0.05) is 72.8 Å². The van der Waals surface area contributed by atoms with Crippen LogP contribution in [0.15, 0.2) is 84.9 Å². The number of amides is 1. The Morgan fingerprint density at radius 3 is 2.03 bits per heavy atom. The Hall–Kier alpha value is -3.31. The van der Waals surface area contributed by atoms with E-state index in [0.717, 1.165) is 35.5 Å². The lowest BCUT2D eigenvalue weighted by Gasteiger charge is -2.26. The number of hydrogen-bond donors (Lipinski definition) is 1. The molecule has 0 fully saturated rings. The summed E-state index contributed by atoms with van der Waals surface area (Å²) in [4.78, 5) is 16.8. The molecule has 1 N–H and O–H groups in total. The molecule has 3 aromatic carbocycles. The molecule has 0 saturated carbocycles. The Bertz CT molecular complexity index is 942. The van der Waals surface area contributed by atoms with Gasteiger partial charge in [-0.15, -0.1) is 0 Å². The summed E-state index contributed by atoms with van der Waals surface area (Å²) in [5.41, 5.74) is 3.83. The molecule has 3 aromatic rings. The molecule has 0 aliphatic heterocycles. The monoisotopic (exact) mass is 432 g/mol. The molecule has 1 atom stereocenters. The van der Waals surface area contributed by atoms with Gasteiger partial charge in [0.25, 0.3) is 0 Å². The summed E-state index contributed by atoms with van der Waals surface area (Å²) < 4.78 is 5.56. The number of benzene rings is 3. The quantitative estimate of drug-likeness (QED) is 0.466. The number of hydrogen-bond acceptors (Lipinski definition) is 4. The van der Waals surface area contributed by atoms with Crippen LogP contribution in [0.25, 0.3) is 0 Å². The fourth-order valence-corrected chi connectivity index (χ4v) is 3.62. The standard InChI is InChI=1S/C27H32N2O3/c1-3-28(4-2)25-17-15-22(16-18-25)19-29(20-26(30)24-13-9-6-10-14-24)27(31)32-21-23-11-7-5-8-12-23/h5-18,26,30H,3-4,19-21H2,1-2H3. The first-order valence-corrected chi connectivity index (χ1v) is 11.1. The Kier molecular flexibility index (Phi) is 8.70. The smallest absolute Gasteiger partial charge is 0.410 e. The SMILES string of the molecule is CCN(CC)c1ccc(CN(CC(O)c2ccccc2)C(=O)OCc2ccccc2)cc1. The van der Waals surface area contributed by atoms with Crippen molar-refractivity contribution in [3.63, 3.8) is 0 Å². The number of carbonyl (C=O) groups excluding carboxylic acids is 1. The van der Waals surface area contributed by atoms with Crippen molar-refractivity contribution in [2.75, 3.05) is 24.5 Å². The van der Waals surface area contributed by atoms with Gasteiger partial charge in [0.05, 0.1) is 12.6 Å². The molecule has 0 heterocycles. The second kappa shape index (κ2) is 11.9. The largest absolute Gasteiger partial charge is 0.445 e. The van der Waals surface area contributed by atoms with Crippen LogP contribution < -0.4 is 4.90 Å². The minimum Gasteiger partial charge on any atom is -0.445 e. The number of nitrogens with zero attached hydrogens (tertiary/aromatic N) is 2. The van der Waals surface area contributed by atoms with Gasteiger partial charge in [0.15, 0.2) is 0 Å². The van der Waals surface area contributed by atoms with Gasteiger partial charge in [0.2, 0.25) is 0 Å². The first kappa shape index (κ1) is 23.4. The molecule has 5 heteroatoms. The molecule has 168 valence electrons. The summed E-state index contributed by atoms with van der Waals surface area (Å²) in [7, 11) is 0. The van der Waals surface area contributed by atoms with Crippen molar-refractivity contribution < 1.29 is 14.6 Å². The fourth-order valence-electron chi connectivity index (χ4n) is 3.62. The van der Waals surface area contributed by atoms with Crippen molar-refractivity contribution in [1.29, 1.82) is 0 Å². The molecule has 1 amide bonds. The summed E-state index contributed by atoms with van der Waals surface area (Å²) in [6, 6.07) is 27.2. The first-order chi connectivity index (χ1) is 15.6. The maximum Gasteiger partial charge on any atom is 0.410 e. The lowest BCUT2D eigenvalue weighted by molar-refractivity contribution is 0.0657. The molecule has 32 heavy (non-hydrogen) atoms. The van der Waals surface area contributed by atoms with E-state index in [4.69, 9.17) is 4.74 Å². The normalized spacial score (nSPS) is 11.6. The Balaban J connectivity index is 1.72. The van der Waals surface area contributed by atoms with Crippen molar-refractivity contribution in [2.24, 2.45) is 0 Å². The minimum atomic E-state index is -0.796. The molecular weight excluding hydrogens is 400 g/mol. The van der Waals surface area contributed by atoms with E-state index in [0.29, 0.717) is 6.54 Å². The predicted molar refractivity (Wildman–Crippen MR) is 128 cm³/mol. The van der Waals surface area contributed by atoms with Crippen molar-refractivity contribution in [1.82, 2.24) is 4.90 Å². The highest BCUT2D eigenvalue weighted by Gasteiger charge is 2.21. The molecule has 3 rings (SSSR count). The number of ether oxygens (including phenoxy) is 1. The summed E-state index contributed by atoms with van der Waals surface area (Å²) in [5.74, 6) is 0. The van der Waals surface area contributed by atoms with E-state index in [2.05, 4.69) is 30.9 Å². The number of rotatable bonds is 10. The predicted octanol–water partition coefficient (Wildman–Crippen LogP) is 5.41. The molecule has 0 saturated heterocycles. The van der Waals surface area contributed by atoms with E-state index in [1.165, 1.54) is 0 Å². The average Bonchev–Trinajstić information content (AvgIpc) is 2.85. The third-order valence-electron chi connectivity index (χ3n) is 5.48. The van der Waals surface area contributed by atoms with Crippen LogP contribution in [-0.2, 0) is 17.9 Å². The lowest BCUT2D eigenvalue weighted by atomic mass is 10.1. The molecule has 0 aromatic heterocycles. The van der Waals surface area contributed by atoms with Crippen molar-refractivity contribution in [2.45, 2.75) is 33.1 Å². The van der Waals surface area contributed by atoms with Crippen molar-refractivity contribution >= 4 is 11.8 Å². The number of aliphatic hydroxyl groups excluding tert-OH is 1. The summed E-state index contributed by atoms with van der Waals surface area (Å²) in [6.45, 7) is 6.85. The summed E-state index contributed by atoms with van der Waals surface area (Å²) in [6.07, 6.45) is -1.24. The van der Waals surface area contributed by atoms with E-state index in [9.17, 15) is 9.90 Å². The van der Waals surface area contributed by atoms with Crippen LogP contribution in [-0.4, -0.2) is 35.7 Å². The number of anilines is 1. The van der Waals surface area contributed by atoms with Gasteiger partial charge < -0.3 is 19.6 Å². The van der Waals surface area contributed by atoms with Gasteiger partial charge >= 0.3 is 6.09 Å². The van der Waals surface area contributed by atoms with Crippen LogP contribution >= 0.6 is 0 Å². The molecule has 0 aliphatic rings. The van der Waals surface area contributed by atoms with Crippen LogP contribution in [0.2, 0.25) is 0 Å². The Labute approximate surface area is 190 Å². The van der Waals surface area contributed by atoms with Crippen LogP contribution in [0.1, 0.15) is 36.6 Å². The van der Waals surface area contributed by atoms with Crippen molar-refractivity contribution in [3.8, 4) is 0 Å². The second-order valence-electron chi connectivity index (χ2n) is 7.69. The maximum absolute atomic E-state index is 12.9. The third-order valence-corrected chi connectivity index (χ3v) is 5.48. The van der Waals surface area contributed by atoms with E-state index < -0.39 is 12.2 Å². The highest BCUT2D eigenvalue weighted by Crippen LogP contribution is 2.19. The molecule has 1 unspecified atom stereocenters. The van der Waals surface area contributed by atoms with Crippen molar-refractivity contribution in [3.05, 3.63) is 102 Å². The first-order valence-electron chi connectivity index (χ1n) is 11.1. The van der Waals surface area contributed by atoms with Gasteiger partial charge in [0.1, 0.15) is 6.61 Å². The zero-order valence-corrected chi connectivity index (χ0v) is 18.9. The van der Waals surface area contributed by atoms with Gasteiger partial charge in [-0.3, -0.25) is 0 Å². The number of carbonyl (C=O) groups is 1. The summed E-state index contributed by atoms with van der Waals surface area (Å²) in [5, 5.41) is 10.7. The van der Waals surface area contributed by atoms with Crippen LogP contribution in [0.5, 0.6) is 0 Å². The van der Waals surface area contributed by atoms with E-state index in [1.54, 1.807) is 4.90 Å². The highest BCUT2D eigenvalue weighted by atomic mass is 16.6. The molecule has 0 aliphatic carbocycles. The molecule has 0 bridgehead atoms. The lowest BCUT2D eigenvalue weighted by Crippen LogP contribution is -2.34. The van der Waals surface area contributed by atoms with E-state index >= 15 is 0 Å². The molecular formula is C27H32N2O3. The zero-order chi connectivity index (χ0) is 22.8. The van der Waals surface area contributed by atoms with Gasteiger partial charge in [0, 0.05) is 25.3 Å². The molecule has 0 spiro atoms. The van der Waals surface area contributed by atoms with E-state index in [1.807, 2.05) is 72.8 Å². The highest BCUT2D eigenvalue weighted by molar-refractivity contribution is 5.68. The van der Waals surface area contributed by atoms with E-state index in [-0.39, 0.29) is 13.2 Å². The van der Waals surface area contributed by atoms with Gasteiger partial charge in [-0.05, 0) is 42.7 Å². The zero-order valence-electron chi connectivity index (χ0n) is 18.9. The van der Waals surface area contributed by atoms with Crippen LogP contribution in [0, 0.1) is 0 Å². The summed E-state index contributed by atoms with van der Waals surface area (Å²) >= 11 is 0. The average molecular weight is 433 g/mol. The maximum atomic E-state index is 12.9. The van der Waals surface area contributed by atoms with Crippen LogP contribution in [0.3, 0.4) is 0 Å². The van der Waals surface area contributed by atoms with Gasteiger partial charge in [-0.2, -0.15) is 0 Å². The Morgan fingerprint density at radius 1 is 0.844 bits per heavy atom.